The van der Waals surface area contributed by atoms with Crippen LogP contribution in [0.3, 0.4) is 0 Å². The van der Waals surface area contributed by atoms with Crippen LogP contribution in [0, 0.1) is 0 Å². The lowest BCUT2D eigenvalue weighted by atomic mass is 10.3. The third kappa shape index (κ3) is 1.43. The number of hydrogen-bond donors (Lipinski definition) is 0. The van der Waals surface area contributed by atoms with Crippen LogP contribution < -0.4 is 4.74 Å². The number of aromatic nitrogens is 2. The van der Waals surface area contributed by atoms with Crippen molar-refractivity contribution in [3.63, 3.8) is 0 Å². The average Bonchev–Trinajstić information content (AvgIpc) is 2.05. The van der Waals surface area contributed by atoms with Gasteiger partial charge in [-0.05, 0) is 12.5 Å². The second-order valence-corrected chi connectivity index (χ2v) is 1.89. The summed E-state index contributed by atoms with van der Waals surface area (Å²) in [5, 5.41) is 0. The molecule has 0 fully saturated rings. The molecule has 0 aliphatic heterocycles. The van der Waals surface area contributed by atoms with Crippen molar-refractivity contribution < 1.29 is 4.74 Å². The second kappa shape index (κ2) is 3.15. The van der Waals surface area contributed by atoms with Gasteiger partial charge in [0, 0.05) is 11.9 Å². The van der Waals surface area contributed by atoms with Crippen molar-refractivity contribution in [3.05, 3.63) is 18.0 Å². The van der Waals surface area contributed by atoms with Crippen molar-refractivity contribution in [2.45, 2.75) is 13.3 Å². The van der Waals surface area contributed by atoms with Crippen LogP contribution in [0.25, 0.3) is 0 Å². The lowest BCUT2D eigenvalue weighted by molar-refractivity contribution is 0.378. The van der Waals surface area contributed by atoms with Crippen molar-refractivity contribution in [2.24, 2.45) is 0 Å². The highest BCUT2D eigenvalue weighted by Gasteiger charge is 1.93. The third-order valence-electron chi connectivity index (χ3n) is 1.24. The standard InChI is InChI=1S/C7H10N2O/c1-3-6-4-5-8-7(9-6)10-2/h4-5H,3H2,1-2H3. The Labute approximate surface area is 60.1 Å². The van der Waals surface area contributed by atoms with Crippen LogP contribution >= 0.6 is 0 Å². The summed E-state index contributed by atoms with van der Waals surface area (Å²) in [5.41, 5.74) is 1.01. The van der Waals surface area contributed by atoms with Crippen LogP contribution in [0.1, 0.15) is 12.6 Å². The monoisotopic (exact) mass is 138 g/mol. The quantitative estimate of drug-likeness (QED) is 0.612. The van der Waals surface area contributed by atoms with Gasteiger partial charge >= 0.3 is 6.01 Å². The van der Waals surface area contributed by atoms with E-state index in [1.807, 2.05) is 13.0 Å². The maximum Gasteiger partial charge on any atom is 0.316 e. The molecule has 0 aliphatic rings. The van der Waals surface area contributed by atoms with E-state index in [-0.39, 0.29) is 0 Å². The molecule has 0 unspecified atom stereocenters. The predicted octanol–water partition coefficient (Wildman–Crippen LogP) is 1.05. The molecule has 1 rings (SSSR count). The molecule has 0 saturated heterocycles. The number of rotatable bonds is 2. The van der Waals surface area contributed by atoms with Gasteiger partial charge in [-0.2, -0.15) is 0 Å². The first-order valence-corrected chi connectivity index (χ1v) is 3.22. The molecule has 0 saturated carbocycles. The van der Waals surface area contributed by atoms with Gasteiger partial charge in [0.1, 0.15) is 0 Å². The van der Waals surface area contributed by atoms with Gasteiger partial charge < -0.3 is 4.74 Å². The van der Waals surface area contributed by atoms with Crippen LogP contribution in [0.2, 0.25) is 0 Å². The van der Waals surface area contributed by atoms with Gasteiger partial charge in [-0.15, -0.1) is 0 Å². The molecule has 0 amide bonds. The zero-order chi connectivity index (χ0) is 7.40. The van der Waals surface area contributed by atoms with Crippen LogP contribution in [0.5, 0.6) is 6.01 Å². The predicted molar refractivity (Wildman–Crippen MR) is 38.0 cm³/mol. The maximum absolute atomic E-state index is 4.83. The summed E-state index contributed by atoms with van der Waals surface area (Å²) < 4.78 is 4.83. The van der Waals surface area contributed by atoms with E-state index in [2.05, 4.69) is 9.97 Å². The zero-order valence-corrected chi connectivity index (χ0v) is 6.16. The van der Waals surface area contributed by atoms with Crippen molar-refractivity contribution in [1.82, 2.24) is 9.97 Å². The first-order chi connectivity index (χ1) is 4.86. The minimum absolute atomic E-state index is 0.444. The fourth-order valence-electron chi connectivity index (χ4n) is 0.671. The maximum atomic E-state index is 4.83. The molecule has 54 valence electrons. The van der Waals surface area contributed by atoms with E-state index in [1.54, 1.807) is 13.3 Å². The van der Waals surface area contributed by atoms with Crippen molar-refractivity contribution in [3.8, 4) is 6.01 Å². The highest BCUT2D eigenvalue weighted by Crippen LogP contribution is 2.01. The van der Waals surface area contributed by atoms with Gasteiger partial charge in [-0.3, -0.25) is 0 Å². The molecule has 0 aliphatic carbocycles. The Balaban J connectivity index is 2.87. The number of aryl methyl sites for hydroxylation is 1. The summed E-state index contributed by atoms with van der Waals surface area (Å²) in [6.07, 6.45) is 2.61. The van der Waals surface area contributed by atoms with Crippen LogP contribution in [0.15, 0.2) is 12.3 Å². The SMILES string of the molecule is CCc1ccnc(OC)n1. The molecule has 3 nitrogen and oxygen atoms in total. The normalized spacial score (nSPS) is 9.40. The zero-order valence-electron chi connectivity index (χ0n) is 6.16. The van der Waals surface area contributed by atoms with E-state index in [0.29, 0.717) is 6.01 Å². The Morgan fingerprint density at radius 2 is 2.40 bits per heavy atom. The van der Waals surface area contributed by atoms with E-state index in [4.69, 9.17) is 4.74 Å². The minimum Gasteiger partial charge on any atom is -0.467 e. The Morgan fingerprint density at radius 3 is 3.00 bits per heavy atom. The minimum atomic E-state index is 0.444. The number of hydrogen-bond acceptors (Lipinski definition) is 3. The van der Waals surface area contributed by atoms with E-state index >= 15 is 0 Å². The van der Waals surface area contributed by atoms with Crippen molar-refractivity contribution in [2.75, 3.05) is 7.11 Å². The van der Waals surface area contributed by atoms with Gasteiger partial charge in [-0.25, -0.2) is 9.97 Å². The average molecular weight is 138 g/mol. The molecular formula is C7H10N2O. The molecule has 1 heterocycles. The summed E-state index contributed by atoms with van der Waals surface area (Å²) in [5.74, 6) is 0. The molecule has 0 bridgehead atoms. The Hall–Kier alpha value is -1.12. The lowest BCUT2D eigenvalue weighted by Crippen LogP contribution is -1.94. The van der Waals surface area contributed by atoms with Crippen molar-refractivity contribution >= 4 is 0 Å². The Kier molecular flexibility index (Phi) is 2.20. The molecular weight excluding hydrogens is 128 g/mol. The number of methoxy groups -OCH3 is 1. The fraction of sp³-hybridized carbons (Fsp3) is 0.429. The molecule has 3 heteroatoms. The Morgan fingerprint density at radius 1 is 1.60 bits per heavy atom. The van der Waals surface area contributed by atoms with Crippen LogP contribution in [-0.4, -0.2) is 17.1 Å². The Bertz CT molecular complexity index is 193. The summed E-state index contributed by atoms with van der Waals surface area (Å²) in [6.45, 7) is 2.04. The summed E-state index contributed by atoms with van der Waals surface area (Å²) in [4.78, 5) is 7.95. The topological polar surface area (TPSA) is 35.0 Å². The van der Waals surface area contributed by atoms with Gasteiger partial charge in [0.2, 0.25) is 0 Å². The fourth-order valence-corrected chi connectivity index (χ4v) is 0.671. The van der Waals surface area contributed by atoms with E-state index < -0.39 is 0 Å². The number of nitrogens with zero attached hydrogens (tertiary/aromatic N) is 2. The summed E-state index contributed by atoms with van der Waals surface area (Å²) in [7, 11) is 1.56. The van der Waals surface area contributed by atoms with Crippen LogP contribution in [-0.2, 0) is 6.42 Å². The smallest absolute Gasteiger partial charge is 0.316 e. The highest BCUT2D eigenvalue weighted by atomic mass is 16.5. The van der Waals surface area contributed by atoms with Gasteiger partial charge in [0.25, 0.3) is 0 Å². The summed E-state index contributed by atoms with van der Waals surface area (Å²) in [6, 6.07) is 2.32. The molecule has 1 aromatic heterocycles. The largest absolute Gasteiger partial charge is 0.467 e. The van der Waals surface area contributed by atoms with E-state index in [1.165, 1.54) is 0 Å². The lowest BCUT2D eigenvalue weighted by Gasteiger charge is -1.97. The molecule has 0 spiro atoms. The first-order valence-electron chi connectivity index (χ1n) is 3.22. The molecule has 0 N–H and O–H groups in total. The molecule has 0 atom stereocenters. The van der Waals surface area contributed by atoms with Gasteiger partial charge in [0.15, 0.2) is 0 Å². The van der Waals surface area contributed by atoms with E-state index in [9.17, 15) is 0 Å². The number of ether oxygens (including phenoxy) is 1. The highest BCUT2D eigenvalue weighted by molar-refractivity contribution is 5.04. The van der Waals surface area contributed by atoms with Gasteiger partial charge in [-0.1, -0.05) is 6.92 Å². The van der Waals surface area contributed by atoms with Crippen molar-refractivity contribution in [1.29, 1.82) is 0 Å². The molecule has 1 aromatic rings. The molecule has 10 heavy (non-hydrogen) atoms. The van der Waals surface area contributed by atoms with Crippen LogP contribution in [0.4, 0.5) is 0 Å². The van der Waals surface area contributed by atoms with E-state index in [0.717, 1.165) is 12.1 Å². The summed E-state index contributed by atoms with van der Waals surface area (Å²) >= 11 is 0. The molecule has 0 aromatic carbocycles. The first kappa shape index (κ1) is 6.99. The second-order valence-electron chi connectivity index (χ2n) is 1.89. The van der Waals surface area contributed by atoms with Gasteiger partial charge in [0.05, 0.1) is 7.11 Å². The third-order valence-corrected chi connectivity index (χ3v) is 1.24. The molecule has 0 radical (unpaired) electrons.